The molecule has 9 rings (SSSR count). The van der Waals surface area contributed by atoms with Crippen molar-refractivity contribution in [3.05, 3.63) is 101 Å². The molecule has 1 saturated carbocycles. The molecule has 1 aliphatic carbocycles. The normalized spacial score (nSPS) is 17.3. The van der Waals surface area contributed by atoms with E-state index in [1.165, 1.54) is 35.9 Å². The first-order valence-corrected chi connectivity index (χ1v) is 22.7. The maximum Gasteiger partial charge on any atom is 0.284 e. The summed E-state index contributed by atoms with van der Waals surface area (Å²) in [5.74, 6) is -1.78. The largest absolute Gasteiger partial charge is 0.444 e. The minimum Gasteiger partial charge on any atom is -0.444 e. The molecule has 1 atom stereocenters. The number of hydrogen-bond acceptors (Lipinski definition) is 15. The van der Waals surface area contributed by atoms with Gasteiger partial charge in [-0.2, -0.15) is 5.10 Å². The number of rotatable bonds is 20. The number of benzene rings is 2. The molecule has 5 aromatic rings. The number of imide groups is 2. The molecule has 3 fully saturated rings. The summed E-state index contributed by atoms with van der Waals surface area (Å²) in [5.41, 5.74) is 1.65. The van der Waals surface area contributed by atoms with Crippen LogP contribution in [0.3, 0.4) is 0 Å². The maximum absolute atomic E-state index is 14.1. The van der Waals surface area contributed by atoms with Crippen LogP contribution in [0.2, 0.25) is 0 Å². The summed E-state index contributed by atoms with van der Waals surface area (Å²) in [6.45, 7) is 6.14. The van der Waals surface area contributed by atoms with Gasteiger partial charge in [0.1, 0.15) is 18.1 Å². The van der Waals surface area contributed by atoms with E-state index in [4.69, 9.17) is 13.9 Å². The third kappa shape index (κ3) is 11.0. The number of ether oxygens (including phenoxy) is 2. The summed E-state index contributed by atoms with van der Waals surface area (Å²) < 4.78 is 46.2. The number of hydrogen-bond donors (Lipinski definition) is 4. The number of piperidine rings is 1. The van der Waals surface area contributed by atoms with Gasteiger partial charge in [0.05, 0.1) is 55.1 Å². The highest BCUT2D eigenvalue weighted by Gasteiger charge is 2.45. The Morgan fingerprint density at radius 3 is 2.36 bits per heavy atom. The highest BCUT2D eigenvalue weighted by atomic mass is 19.3. The predicted octanol–water partition coefficient (Wildman–Crippen LogP) is 3.92. The first-order chi connectivity index (χ1) is 33.5. The number of halogens is 2. The zero-order valence-corrected chi connectivity index (χ0v) is 37.3. The van der Waals surface area contributed by atoms with Gasteiger partial charge in [-0.3, -0.25) is 43.9 Å². The van der Waals surface area contributed by atoms with Crippen molar-refractivity contribution in [2.75, 3.05) is 87.8 Å². The number of oxazole rings is 1. The van der Waals surface area contributed by atoms with Crippen molar-refractivity contribution in [2.45, 2.75) is 38.2 Å². The Labute approximate surface area is 393 Å². The number of aromatic nitrogens is 4. The van der Waals surface area contributed by atoms with E-state index in [0.717, 1.165) is 36.5 Å². The second-order valence-corrected chi connectivity index (χ2v) is 17.0. The van der Waals surface area contributed by atoms with E-state index in [-0.39, 0.29) is 60.3 Å². The van der Waals surface area contributed by atoms with Gasteiger partial charge < -0.3 is 34.7 Å². The number of nitrogens with zero attached hydrogens (tertiary/aromatic N) is 7. The standard InChI is InChI=1S/C47H49F2N11O9/c48-41(49)40-35(53-43(63)36-27-69-45(54-36)30-11-12-50-38(23-30)52-25-28-1-2-28)26-59(56-40)31-5-3-29(4-6-31)42(62)51-13-19-67-21-22-68-20-18-57-14-16-58(17-15-57)32-7-8-33-34(24-32)47(66)60(46(33)65)37-9-10-39(61)55-44(37)64/h3-8,11-12,23-24,26-28,37,41H,1-2,9-10,13-22,25H2,(H,50,52)(H,51,62)(H,53,63)(H,55,61,64). The second kappa shape index (κ2) is 20.8. The summed E-state index contributed by atoms with van der Waals surface area (Å²) >= 11 is 0. The molecular weight excluding hydrogens is 901 g/mol. The highest BCUT2D eigenvalue weighted by molar-refractivity contribution is 6.23. The molecule has 0 bridgehead atoms. The van der Waals surface area contributed by atoms with Crippen LogP contribution < -0.4 is 26.2 Å². The lowest BCUT2D eigenvalue weighted by Gasteiger charge is -2.36. The Balaban J connectivity index is 0.655. The van der Waals surface area contributed by atoms with Gasteiger partial charge in [0.15, 0.2) is 11.4 Å². The van der Waals surface area contributed by atoms with E-state index >= 15 is 0 Å². The van der Waals surface area contributed by atoms with Crippen LogP contribution >= 0.6 is 0 Å². The number of anilines is 3. The van der Waals surface area contributed by atoms with Crippen molar-refractivity contribution in [3.63, 3.8) is 0 Å². The van der Waals surface area contributed by atoms with Crippen LogP contribution in [0.5, 0.6) is 0 Å². The van der Waals surface area contributed by atoms with Crippen molar-refractivity contribution in [1.82, 2.24) is 40.2 Å². The number of amides is 6. The van der Waals surface area contributed by atoms with E-state index in [1.54, 1.807) is 42.6 Å². The molecular formula is C47H49F2N11O9. The zero-order valence-electron chi connectivity index (χ0n) is 37.3. The summed E-state index contributed by atoms with van der Waals surface area (Å²) in [4.78, 5) is 90.1. The number of carbonyl (C=O) groups excluding carboxylic acids is 6. The van der Waals surface area contributed by atoms with E-state index < -0.39 is 47.7 Å². The molecule has 0 radical (unpaired) electrons. The average Bonchev–Trinajstić information content (AvgIpc) is 3.77. The molecule has 69 heavy (non-hydrogen) atoms. The minimum absolute atomic E-state index is 0.0618. The lowest BCUT2D eigenvalue weighted by Crippen LogP contribution is -2.54. The third-order valence-electron chi connectivity index (χ3n) is 12.2. The van der Waals surface area contributed by atoms with Gasteiger partial charge in [-0.25, -0.2) is 23.4 Å². The number of nitrogens with one attached hydrogen (secondary N) is 4. The molecule has 2 saturated heterocycles. The Bertz CT molecular complexity index is 2730. The number of carbonyl (C=O) groups is 6. The maximum atomic E-state index is 14.1. The fourth-order valence-corrected chi connectivity index (χ4v) is 8.21. The van der Waals surface area contributed by atoms with Gasteiger partial charge >= 0.3 is 0 Å². The Kier molecular flexibility index (Phi) is 14.1. The van der Waals surface area contributed by atoms with Crippen LogP contribution in [-0.2, 0) is 19.1 Å². The van der Waals surface area contributed by atoms with Crippen LogP contribution in [0.25, 0.3) is 17.1 Å². The van der Waals surface area contributed by atoms with Crippen molar-refractivity contribution >= 4 is 52.6 Å². The SMILES string of the molecule is O=C1CCC(N2C(=O)c3ccc(N4CCN(CCOCCOCCNC(=O)c5ccc(-n6cc(NC(=O)c7coc(-c8ccnc(NCC9CC9)c8)n7)c(C(F)F)n6)cc5)CC4)cc3C2=O)C(=O)N1. The van der Waals surface area contributed by atoms with Crippen LogP contribution in [0, 0.1) is 5.92 Å². The molecule has 22 heteroatoms. The van der Waals surface area contributed by atoms with E-state index in [0.29, 0.717) is 68.0 Å². The van der Waals surface area contributed by atoms with Gasteiger partial charge in [-0.15, -0.1) is 0 Å². The van der Waals surface area contributed by atoms with Crippen molar-refractivity contribution in [1.29, 1.82) is 0 Å². The smallest absolute Gasteiger partial charge is 0.284 e. The predicted molar refractivity (Wildman–Crippen MR) is 243 cm³/mol. The zero-order chi connectivity index (χ0) is 48.0. The van der Waals surface area contributed by atoms with E-state index in [2.05, 4.69) is 46.1 Å². The lowest BCUT2D eigenvalue weighted by molar-refractivity contribution is -0.136. The highest BCUT2D eigenvalue weighted by Crippen LogP contribution is 2.32. The monoisotopic (exact) mass is 949 g/mol. The molecule has 4 N–H and O–H groups in total. The van der Waals surface area contributed by atoms with Gasteiger partial charge in [0.2, 0.25) is 17.7 Å². The molecule has 6 amide bonds. The van der Waals surface area contributed by atoms with Crippen LogP contribution in [-0.4, -0.2) is 143 Å². The van der Waals surface area contributed by atoms with Crippen LogP contribution in [0.15, 0.2) is 77.7 Å². The number of fused-ring (bicyclic) bond motifs is 1. The van der Waals surface area contributed by atoms with Crippen LogP contribution in [0.1, 0.15) is 79.4 Å². The molecule has 3 aliphatic heterocycles. The molecule has 20 nitrogen and oxygen atoms in total. The first kappa shape index (κ1) is 46.7. The first-order valence-electron chi connectivity index (χ1n) is 22.7. The summed E-state index contributed by atoms with van der Waals surface area (Å²) in [6, 6.07) is 13.7. The Morgan fingerprint density at radius 2 is 1.61 bits per heavy atom. The lowest BCUT2D eigenvalue weighted by atomic mass is 10.0. The average molecular weight is 950 g/mol. The van der Waals surface area contributed by atoms with E-state index in [9.17, 15) is 37.5 Å². The molecule has 2 aromatic carbocycles. The topological polar surface area (TPSA) is 235 Å². The molecule has 360 valence electrons. The van der Waals surface area contributed by atoms with E-state index in [1.807, 2.05) is 6.07 Å². The summed E-state index contributed by atoms with van der Waals surface area (Å²) in [5, 5.41) is 14.7. The van der Waals surface area contributed by atoms with Gasteiger partial charge in [0.25, 0.3) is 30.1 Å². The summed E-state index contributed by atoms with van der Waals surface area (Å²) in [6.07, 6.45) is 3.55. The van der Waals surface area contributed by atoms with Crippen molar-refractivity contribution < 1.29 is 51.4 Å². The fraction of sp³-hybridized carbons (Fsp3) is 0.383. The minimum atomic E-state index is -3.00. The van der Waals surface area contributed by atoms with Gasteiger partial charge in [-0.05, 0) is 79.8 Å². The third-order valence-corrected chi connectivity index (χ3v) is 12.2. The molecule has 3 aromatic heterocycles. The number of alkyl halides is 2. The van der Waals surface area contributed by atoms with Crippen molar-refractivity contribution in [2.24, 2.45) is 5.92 Å². The molecule has 4 aliphatic rings. The summed E-state index contributed by atoms with van der Waals surface area (Å²) in [7, 11) is 0. The quantitative estimate of drug-likeness (QED) is 0.0640. The molecule has 6 heterocycles. The molecule has 0 spiro atoms. The Hall–Kier alpha value is -7.43. The number of pyridine rings is 1. The van der Waals surface area contributed by atoms with Gasteiger partial charge in [-0.1, -0.05) is 0 Å². The second-order valence-electron chi connectivity index (χ2n) is 17.0. The molecule has 1 unspecified atom stereocenters. The fourth-order valence-electron chi connectivity index (χ4n) is 8.21. The number of piperazine rings is 1. The van der Waals surface area contributed by atoms with Gasteiger partial charge in [0, 0.05) is 75.2 Å². The van der Waals surface area contributed by atoms with Crippen molar-refractivity contribution in [3.8, 4) is 17.1 Å². The van der Waals surface area contributed by atoms with Crippen LogP contribution in [0.4, 0.5) is 26.0 Å². The Morgan fingerprint density at radius 1 is 0.855 bits per heavy atom.